The van der Waals surface area contributed by atoms with E-state index in [0.29, 0.717) is 18.3 Å². The number of likely N-dealkylation sites (tertiary alicyclic amines) is 1. The Kier molecular flexibility index (Phi) is 4.06. The Balaban J connectivity index is 2.02. The number of alkyl halides is 1. The van der Waals surface area contributed by atoms with Gasteiger partial charge in [0.05, 0.1) is 5.02 Å². The van der Waals surface area contributed by atoms with Crippen LogP contribution in [0.2, 0.25) is 5.02 Å². The van der Waals surface area contributed by atoms with Crippen LogP contribution in [0.4, 0.5) is 4.39 Å². The van der Waals surface area contributed by atoms with Crippen molar-refractivity contribution in [3.63, 3.8) is 0 Å². The molecule has 1 heterocycles. The highest BCUT2D eigenvalue weighted by atomic mass is 35.5. The SMILES string of the molecule is Fc1cccc(CN2CCC(CCl)C2)c1Cl. The average Bonchev–Trinajstić information content (AvgIpc) is 2.73. The maximum Gasteiger partial charge on any atom is 0.142 e. The van der Waals surface area contributed by atoms with Crippen molar-refractivity contribution < 1.29 is 4.39 Å². The second kappa shape index (κ2) is 5.35. The fraction of sp³-hybridized carbons (Fsp3) is 0.500. The Morgan fingerprint density at radius 1 is 1.44 bits per heavy atom. The number of nitrogens with zero attached hydrogens (tertiary/aromatic N) is 1. The zero-order valence-electron chi connectivity index (χ0n) is 8.93. The van der Waals surface area contributed by atoms with E-state index in [0.717, 1.165) is 25.1 Å². The molecular weight excluding hydrogens is 248 g/mol. The second-order valence-electron chi connectivity index (χ2n) is 4.26. The summed E-state index contributed by atoms with van der Waals surface area (Å²) in [6, 6.07) is 4.96. The lowest BCUT2D eigenvalue weighted by Crippen LogP contribution is -2.20. The third kappa shape index (κ3) is 2.68. The quantitative estimate of drug-likeness (QED) is 0.753. The molecule has 0 spiro atoms. The molecule has 1 aliphatic heterocycles. The molecule has 1 aliphatic rings. The van der Waals surface area contributed by atoms with Gasteiger partial charge >= 0.3 is 0 Å². The highest BCUT2D eigenvalue weighted by Gasteiger charge is 2.22. The van der Waals surface area contributed by atoms with Gasteiger partial charge in [0.2, 0.25) is 0 Å². The normalized spacial score (nSPS) is 21.6. The van der Waals surface area contributed by atoms with Crippen LogP contribution < -0.4 is 0 Å². The Hall–Kier alpha value is -0.310. The van der Waals surface area contributed by atoms with Crippen LogP contribution in [0, 0.1) is 11.7 Å². The summed E-state index contributed by atoms with van der Waals surface area (Å²) in [5, 5.41) is 0.247. The lowest BCUT2D eigenvalue weighted by Gasteiger charge is -2.16. The summed E-state index contributed by atoms with van der Waals surface area (Å²) in [7, 11) is 0. The summed E-state index contributed by atoms with van der Waals surface area (Å²) in [6.45, 7) is 2.71. The number of hydrogen-bond donors (Lipinski definition) is 0. The van der Waals surface area contributed by atoms with E-state index < -0.39 is 0 Å². The molecule has 0 saturated carbocycles. The summed E-state index contributed by atoms with van der Waals surface area (Å²) >= 11 is 11.7. The van der Waals surface area contributed by atoms with Gasteiger partial charge in [0.15, 0.2) is 0 Å². The van der Waals surface area contributed by atoms with E-state index in [1.807, 2.05) is 6.07 Å². The molecule has 0 radical (unpaired) electrons. The van der Waals surface area contributed by atoms with Crippen molar-refractivity contribution in [2.24, 2.45) is 5.92 Å². The van der Waals surface area contributed by atoms with Crippen LogP contribution in [-0.2, 0) is 6.54 Å². The molecule has 4 heteroatoms. The average molecular weight is 262 g/mol. The van der Waals surface area contributed by atoms with Crippen molar-refractivity contribution in [3.05, 3.63) is 34.6 Å². The van der Waals surface area contributed by atoms with E-state index in [2.05, 4.69) is 4.90 Å². The van der Waals surface area contributed by atoms with E-state index in [1.165, 1.54) is 6.07 Å². The van der Waals surface area contributed by atoms with Gasteiger partial charge < -0.3 is 0 Å². The summed E-state index contributed by atoms with van der Waals surface area (Å²) in [6.07, 6.45) is 1.12. The first kappa shape index (κ1) is 12.2. The Bertz CT molecular complexity index is 370. The topological polar surface area (TPSA) is 3.24 Å². The smallest absolute Gasteiger partial charge is 0.142 e. The molecule has 1 aromatic rings. The monoisotopic (exact) mass is 261 g/mol. The number of hydrogen-bond acceptors (Lipinski definition) is 1. The summed E-state index contributed by atoms with van der Waals surface area (Å²) in [5.74, 6) is 0.925. The third-order valence-corrected chi connectivity index (χ3v) is 3.87. The molecule has 88 valence electrons. The predicted octanol–water partition coefficient (Wildman–Crippen LogP) is 3.54. The minimum absolute atomic E-state index is 0.247. The molecule has 0 aliphatic carbocycles. The van der Waals surface area contributed by atoms with Crippen LogP contribution in [-0.4, -0.2) is 23.9 Å². The molecular formula is C12H14Cl2FN. The molecule has 1 nitrogen and oxygen atoms in total. The summed E-state index contributed by atoms with van der Waals surface area (Å²) < 4.78 is 13.2. The maximum absolute atomic E-state index is 13.2. The highest BCUT2D eigenvalue weighted by molar-refractivity contribution is 6.31. The van der Waals surface area contributed by atoms with Gasteiger partial charge in [-0.1, -0.05) is 23.7 Å². The van der Waals surface area contributed by atoms with Crippen LogP contribution in [0.5, 0.6) is 0 Å². The summed E-state index contributed by atoms with van der Waals surface area (Å²) in [5.41, 5.74) is 0.858. The molecule has 0 amide bonds. The molecule has 1 unspecified atom stereocenters. The van der Waals surface area contributed by atoms with E-state index >= 15 is 0 Å². The van der Waals surface area contributed by atoms with Crippen molar-refractivity contribution in [3.8, 4) is 0 Å². The van der Waals surface area contributed by atoms with Crippen LogP contribution in [0.3, 0.4) is 0 Å². The Labute approximate surface area is 105 Å². The van der Waals surface area contributed by atoms with Crippen LogP contribution in [0.15, 0.2) is 18.2 Å². The van der Waals surface area contributed by atoms with Crippen LogP contribution >= 0.6 is 23.2 Å². The molecule has 16 heavy (non-hydrogen) atoms. The predicted molar refractivity (Wildman–Crippen MR) is 65.5 cm³/mol. The van der Waals surface area contributed by atoms with Crippen molar-refractivity contribution in [1.82, 2.24) is 4.90 Å². The third-order valence-electron chi connectivity index (χ3n) is 3.01. The van der Waals surface area contributed by atoms with Gasteiger partial charge in [-0.2, -0.15) is 0 Å². The minimum atomic E-state index is -0.341. The van der Waals surface area contributed by atoms with Gasteiger partial charge in [-0.3, -0.25) is 4.90 Å². The number of halogens is 3. The molecule has 1 saturated heterocycles. The minimum Gasteiger partial charge on any atom is -0.299 e. The molecule has 0 N–H and O–H groups in total. The van der Waals surface area contributed by atoms with Crippen molar-refractivity contribution in [1.29, 1.82) is 0 Å². The van der Waals surface area contributed by atoms with Gasteiger partial charge in [-0.05, 0) is 30.5 Å². The molecule has 1 aromatic carbocycles. The molecule has 0 bridgehead atoms. The van der Waals surface area contributed by atoms with Gasteiger partial charge in [0.1, 0.15) is 5.82 Å². The largest absolute Gasteiger partial charge is 0.299 e. The number of benzene rings is 1. The number of rotatable bonds is 3. The zero-order chi connectivity index (χ0) is 11.5. The van der Waals surface area contributed by atoms with Crippen LogP contribution in [0.25, 0.3) is 0 Å². The fourth-order valence-electron chi connectivity index (χ4n) is 2.09. The van der Waals surface area contributed by atoms with Gasteiger partial charge in [-0.15, -0.1) is 11.6 Å². The molecule has 1 atom stereocenters. The molecule has 1 fully saturated rings. The lowest BCUT2D eigenvalue weighted by atomic mass is 10.2. The lowest BCUT2D eigenvalue weighted by molar-refractivity contribution is 0.320. The van der Waals surface area contributed by atoms with Gasteiger partial charge in [0, 0.05) is 19.0 Å². The molecule has 2 rings (SSSR count). The first-order valence-corrected chi connectivity index (χ1v) is 6.33. The van der Waals surface area contributed by atoms with Crippen molar-refractivity contribution >= 4 is 23.2 Å². The van der Waals surface area contributed by atoms with Crippen molar-refractivity contribution in [2.75, 3.05) is 19.0 Å². The van der Waals surface area contributed by atoms with E-state index in [4.69, 9.17) is 23.2 Å². The zero-order valence-corrected chi connectivity index (χ0v) is 10.4. The van der Waals surface area contributed by atoms with Gasteiger partial charge in [0.25, 0.3) is 0 Å². The Morgan fingerprint density at radius 3 is 2.94 bits per heavy atom. The summed E-state index contributed by atoms with van der Waals surface area (Å²) in [4.78, 5) is 2.27. The fourth-order valence-corrected chi connectivity index (χ4v) is 2.53. The van der Waals surface area contributed by atoms with E-state index in [9.17, 15) is 4.39 Å². The Morgan fingerprint density at radius 2 is 2.25 bits per heavy atom. The van der Waals surface area contributed by atoms with E-state index in [-0.39, 0.29) is 10.8 Å². The van der Waals surface area contributed by atoms with Gasteiger partial charge in [-0.25, -0.2) is 4.39 Å². The van der Waals surface area contributed by atoms with Crippen LogP contribution in [0.1, 0.15) is 12.0 Å². The van der Waals surface area contributed by atoms with E-state index in [1.54, 1.807) is 6.07 Å². The highest BCUT2D eigenvalue weighted by Crippen LogP contribution is 2.24. The first-order valence-electron chi connectivity index (χ1n) is 5.42. The molecule has 0 aromatic heterocycles. The van der Waals surface area contributed by atoms with Crippen molar-refractivity contribution in [2.45, 2.75) is 13.0 Å². The first-order chi connectivity index (χ1) is 7.70. The second-order valence-corrected chi connectivity index (χ2v) is 4.94. The maximum atomic E-state index is 13.2. The standard InChI is InChI=1S/C12H14Cl2FN/c13-6-9-4-5-16(7-9)8-10-2-1-3-11(15)12(10)14/h1-3,9H,4-8H2.